The molecule has 6 heteroatoms. The predicted octanol–water partition coefficient (Wildman–Crippen LogP) is 6.25. The lowest BCUT2D eigenvalue weighted by Gasteiger charge is -2.12. The third-order valence-electron chi connectivity index (χ3n) is 4.50. The van der Waals surface area contributed by atoms with Gasteiger partial charge in [-0.05, 0) is 84.6 Å². The molecule has 3 aromatic carbocycles. The summed E-state index contributed by atoms with van der Waals surface area (Å²) in [5, 5.41) is 0. The highest BCUT2D eigenvalue weighted by atomic mass is 79.9. The molecular weight excluding hydrogens is 472 g/mol. The molecule has 0 N–H and O–H groups in total. The Hall–Kier alpha value is -3.12. The number of halogens is 1. The molecule has 166 valence electrons. The van der Waals surface area contributed by atoms with Crippen LogP contribution in [0.2, 0.25) is 0 Å². The molecular formula is C26H25BrO5. The summed E-state index contributed by atoms with van der Waals surface area (Å²) in [4.78, 5) is 24.9. The molecule has 5 nitrogen and oxygen atoms in total. The molecule has 0 fully saturated rings. The van der Waals surface area contributed by atoms with E-state index >= 15 is 0 Å². The van der Waals surface area contributed by atoms with Gasteiger partial charge in [0.1, 0.15) is 11.5 Å². The van der Waals surface area contributed by atoms with Crippen LogP contribution in [-0.4, -0.2) is 24.6 Å². The molecule has 0 unspecified atom stereocenters. The summed E-state index contributed by atoms with van der Waals surface area (Å²) in [6.07, 6.45) is 1.59. The lowest BCUT2D eigenvalue weighted by atomic mass is 10.1. The van der Waals surface area contributed by atoms with E-state index in [1.807, 2.05) is 44.2 Å². The Morgan fingerprint density at radius 3 is 2.34 bits per heavy atom. The van der Waals surface area contributed by atoms with Crippen LogP contribution < -0.4 is 9.47 Å². The van der Waals surface area contributed by atoms with Gasteiger partial charge in [-0.3, -0.25) is 0 Å². The maximum absolute atomic E-state index is 12.5. The zero-order valence-electron chi connectivity index (χ0n) is 18.0. The first-order chi connectivity index (χ1) is 15.4. The van der Waals surface area contributed by atoms with E-state index in [2.05, 4.69) is 15.9 Å². The van der Waals surface area contributed by atoms with Crippen LogP contribution in [0.1, 0.15) is 46.5 Å². The highest BCUT2D eigenvalue weighted by molar-refractivity contribution is 9.10. The number of carbonyl (C=O) groups excluding carboxylic acids is 2. The quantitative estimate of drug-likeness (QED) is 0.199. The summed E-state index contributed by atoms with van der Waals surface area (Å²) in [7, 11) is 0. The van der Waals surface area contributed by atoms with Gasteiger partial charge in [0.25, 0.3) is 0 Å². The van der Waals surface area contributed by atoms with Crippen molar-refractivity contribution < 1.29 is 23.8 Å². The summed E-state index contributed by atoms with van der Waals surface area (Å²) >= 11 is 3.41. The van der Waals surface area contributed by atoms with Crippen molar-refractivity contribution in [1.29, 1.82) is 0 Å². The molecule has 0 atom stereocenters. The monoisotopic (exact) mass is 496 g/mol. The summed E-state index contributed by atoms with van der Waals surface area (Å²) in [6.45, 7) is 4.17. The minimum absolute atomic E-state index is 0.0185. The number of ether oxygens (including phenoxy) is 3. The van der Waals surface area contributed by atoms with Crippen LogP contribution in [0.25, 0.3) is 0 Å². The lowest BCUT2D eigenvalue weighted by molar-refractivity contribution is 0.0498. The molecule has 0 aliphatic rings. The van der Waals surface area contributed by atoms with Crippen LogP contribution in [0.5, 0.6) is 11.5 Å². The fourth-order valence-electron chi connectivity index (χ4n) is 3.00. The van der Waals surface area contributed by atoms with E-state index in [1.54, 1.807) is 36.4 Å². The molecule has 0 bridgehead atoms. The molecule has 0 saturated heterocycles. The SMILES string of the molecule is CC(C)Oc1ccc(C(=O)Oc2cccc(C(=O)OCCCc3ccccc3)c2)cc1Br. The molecule has 0 radical (unpaired) electrons. The van der Waals surface area contributed by atoms with Gasteiger partial charge in [0, 0.05) is 0 Å². The van der Waals surface area contributed by atoms with E-state index in [4.69, 9.17) is 14.2 Å². The van der Waals surface area contributed by atoms with Gasteiger partial charge in [0.2, 0.25) is 0 Å². The van der Waals surface area contributed by atoms with E-state index in [-0.39, 0.29) is 11.9 Å². The molecule has 0 spiro atoms. The highest BCUT2D eigenvalue weighted by Crippen LogP contribution is 2.27. The van der Waals surface area contributed by atoms with E-state index in [9.17, 15) is 9.59 Å². The van der Waals surface area contributed by atoms with Crippen LogP contribution in [-0.2, 0) is 11.2 Å². The Morgan fingerprint density at radius 1 is 0.875 bits per heavy atom. The smallest absolute Gasteiger partial charge is 0.343 e. The average Bonchev–Trinajstić information content (AvgIpc) is 2.78. The molecule has 0 aromatic heterocycles. The van der Waals surface area contributed by atoms with Gasteiger partial charge in [-0.25, -0.2) is 9.59 Å². The average molecular weight is 497 g/mol. The number of aryl methyl sites for hydroxylation is 1. The minimum atomic E-state index is -0.532. The van der Waals surface area contributed by atoms with Gasteiger partial charge in [-0.1, -0.05) is 36.4 Å². The highest BCUT2D eigenvalue weighted by Gasteiger charge is 2.14. The van der Waals surface area contributed by atoms with Crippen LogP contribution in [0.15, 0.2) is 77.3 Å². The van der Waals surface area contributed by atoms with Gasteiger partial charge in [0.05, 0.1) is 28.3 Å². The molecule has 0 heterocycles. The number of esters is 2. The third-order valence-corrected chi connectivity index (χ3v) is 5.12. The normalized spacial score (nSPS) is 10.6. The molecule has 3 aromatic rings. The number of benzene rings is 3. The predicted molar refractivity (Wildman–Crippen MR) is 126 cm³/mol. The van der Waals surface area contributed by atoms with Crippen LogP contribution in [0.4, 0.5) is 0 Å². The molecule has 0 saturated carbocycles. The largest absolute Gasteiger partial charge is 0.490 e. The van der Waals surface area contributed by atoms with Crippen molar-refractivity contribution in [2.24, 2.45) is 0 Å². The van der Waals surface area contributed by atoms with Gasteiger partial charge in [-0.2, -0.15) is 0 Å². The van der Waals surface area contributed by atoms with Crippen LogP contribution in [0, 0.1) is 0 Å². The first-order valence-corrected chi connectivity index (χ1v) is 11.2. The first kappa shape index (κ1) is 23.5. The Balaban J connectivity index is 1.55. The molecule has 0 aliphatic heterocycles. The van der Waals surface area contributed by atoms with Crippen molar-refractivity contribution in [2.45, 2.75) is 32.8 Å². The van der Waals surface area contributed by atoms with E-state index in [0.717, 1.165) is 12.8 Å². The van der Waals surface area contributed by atoms with Crippen molar-refractivity contribution >= 4 is 27.9 Å². The number of hydrogen-bond acceptors (Lipinski definition) is 5. The van der Waals surface area contributed by atoms with Crippen molar-refractivity contribution in [3.05, 3.63) is 94.0 Å². The van der Waals surface area contributed by atoms with Gasteiger partial charge in [0.15, 0.2) is 0 Å². The van der Waals surface area contributed by atoms with Crippen molar-refractivity contribution in [3.63, 3.8) is 0 Å². The lowest BCUT2D eigenvalue weighted by Crippen LogP contribution is -2.11. The Morgan fingerprint density at radius 2 is 1.62 bits per heavy atom. The van der Waals surface area contributed by atoms with E-state index in [0.29, 0.717) is 28.0 Å². The number of rotatable bonds is 9. The van der Waals surface area contributed by atoms with E-state index in [1.165, 1.54) is 11.6 Å². The van der Waals surface area contributed by atoms with E-state index < -0.39 is 11.9 Å². The fourth-order valence-corrected chi connectivity index (χ4v) is 3.47. The second kappa shape index (κ2) is 11.5. The minimum Gasteiger partial charge on any atom is -0.490 e. The molecule has 0 amide bonds. The number of hydrogen-bond donors (Lipinski definition) is 0. The van der Waals surface area contributed by atoms with Gasteiger partial charge < -0.3 is 14.2 Å². The molecule has 32 heavy (non-hydrogen) atoms. The van der Waals surface area contributed by atoms with Crippen LogP contribution in [0.3, 0.4) is 0 Å². The van der Waals surface area contributed by atoms with Gasteiger partial charge >= 0.3 is 11.9 Å². The second-order valence-electron chi connectivity index (χ2n) is 7.45. The van der Waals surface area contributed by atoms with Gasteiger partial charge in [-0.15, -0.1) is 0 Å². The topological polar surface area (TPSA) is 61.8 Å². The third kappa shape index (κ3) is 6.95. The van der Waals surface area contributed by atoms with Crippen LogP contribution >= 0.6 is 15.9 Å². The van der Waals surface area contributed by atoms with Crippen molar-refractivity contribution in [2.75, 3.05) is 6.61 Å². The Labute approximate surface area is 196 Å². The summed E-state index contributed by atoms with van der Waals surface area (Å²) in [6, 6.07) is 21.4. The summed E-state index contributed by atoms with van der Waals surface area (Å²) < 4.78 is 17.1. The van der Waals surface area contributed by atoms with Crippen molar-refractivity contribution in [1.82, 2.24) is 0 Å². The summed E-state index contributed by atoms with van der Waals surface area (Å²) in [5.74, 6) is -0.0648. The molecule has 3 rings (SSSR count). The zero-order valence-corrected chi connectivity index (χ0v) is 19.6. The standard InChI is InChI=1S/C26H25BrO5/c1-18(2)31-24-14-13-21(17-23(24)27)26(29)32-22-12-6-11-20(16-22)25(28)30-15-7-10-19-8-4-3-5-9-19/h3-6,8-9,11-14,16-18H,7,10,15H2,1-2H3. The Bertz CT molecular complexity index is 1060. The zero-order chi connectivity index (χ0) is 22.9. The van der Waals surface area contributed by atoms with Crippen molar-refractivity contribution in [3.8, 4) is 11.5 Å². The number of carbonyl (C=O) groups is 2. The summed E-state index contributed by atoms with van der Waals surface area (Å²) in [5.41, 5.74) is 1.90. The second-order valence-corrected chi connectivity index (χ2v) is 8.31. The Kier molecular flexibility index (Phi) is 8.45. The first-order valence-electron chi connectivity index (χ1n) is 10.4. The maximum Gasteiger partial charge on any atom is 0.343 e. The fraction of sp³-hybridized carbons (Fsp3) is 0.231. The molecule has 0 aliphatic carbocycles. The maximum atomic E-state index is 12.5.